The number of benzene rings is 1. The van der Waals surface area contributed by atoms with E-state index < -0.39 is 0 Å². The lowest BCUT2D eigenvalue weighted by Crippen LogP contribution is -2.06. The Balaban J connectivity index is 2.28. The molecule has 0 aliphatic rings. The summed E-state index contributed by atoms with van der Waals surface area (Å²) in [5, 5.41) is 0.877. The highest BCUT2D eigenvalue weighted by Gasteiger charge is 2.11. The Labute approximate surface area is 120 Å². The molecule has 6 heteroatoms. The molecular formula is C13H10Cl2N2O2. The van der Waals surface area contributed by atoms with Gasteiger partial charge in [0.25, 0.3) is 0 Å². The van der Waals surface area contributed by atoms with E-state index in [0.29, 0.717) is 16.4 Å². The van der Waals surface area contributed by atoms with Gasteiger partial charge in [-0.2, -0.15) is 0 Å². The molecule has 0 N–H and O–H groups in total. The van der Waals surface area contributed by atoms with Crippen molar-refractivity contribution in [1.29, 1.82) is 0 Å². The summed E-state index contributed by atoms with van der Waals surface area (Å²) in [6, 6.07) is 7.09. The summed E-state index contributed by atoms with van der Waals surface area (Å²) in [6.07, 6.45) is 1.58. The Morgan fingerprint density at radius 2 is 1.95 bits per heavy atom. The molecule has 98 valence electrons. The minimum absolute atomic E-state index is 0.0518. The van der Waals surface area contributed by atoms with Crippen LogP contribution in [0.3, 0.4) is 0 Å². The zero-order valence-corrected chi connectivity index (χ0v) is 11.6. The molecule has 0 saturated carbocycles. The number of rotatable bonds is 3. The van der Waals surface area contributed by atoms with Crippen molar-refractivity contribution >= 4 is 29.2 Å². The first-order valence-electron chi connectivity index (χ1n) is 5.44. The largest absolute Gasteiger partial charge is 0.469 e. The number of methoxy groups -OCH3 is 1. The number of carbonyl (C=O) groups excluding carboxylic acids is 1. The van der Waals surface area contributed by atoms with E-state index in [9.17, 15) is 4.79 Å². The van der Waals surface area contributed by atoms with Crippen LogP contribution in [0, 0.1) is 0 Å². The SMILES string of the molecule is COC(=O)Cc1cnc(-c2ccc(Cl)cc2)nc1Cl. The quantitative estimate of drug-likeness (QED) is 0.645. The molecule has 0 aliphatic carbocycles. The Morgan fingerprint density at radius 1 is 1.26 bits per heavy atom. The molecule has 1 aromatic heterocycles. The first kappa shape index (κ1) is 13.8. The molecule has 0 aliphatic heterocycles. The number of aromatic nitrogens is 2. The molecule has 0 atom stereocenters. The van der Waals surface area contributed by atoms with Gasteiger partial charge in [-0.15, -0.1) is 0 Å². The van der Waals surface area contributed by atoms with E-state index in [0.717, 1.165) is 5.56 Å². The highest BCUT2D eigenvalue weighted by molar-refractivity contribution is 6.31. The molecule has 0 fully saturated rings. The minimum atomic E-state index is -0.384. The van der Waals surface area contributed by atoms with Gasteiger partial charge in [0.1, 0.15) is 5.15 Å². The maximum atomic E-state index is 11.2. The molecule has 0 bridgehead atoms. The van der Waals surface area contributed by atoms with Crippen LogP contribution in [0.15, 0.2) is 30.5 Å². The lowest BCUT2D eigenvalue weighted by atomic mass is 10.2. The van der Waals surface area contributed by atoms with Crippen LogP contribution in [-0.2, 0) is 16.0 Å². The van der Waals surface area contributed by atoms with E-state index in [1.54, 1.807) is 24.3 Å². The number of halogens is 2. The van der Waals surface area contributed by atoms with Gasteiger partial charge in [0, 0.05) is 22.3 Å². The topological polar surface area (TPSA) is 52.1 Å². The summed E-state index contributed by atoms with van der Waals surface area (Å²) in [5.74, 6) is 0.0972. The number of hydrogen-bond acceptors (Lipinski definition) is 4. The molecule has 0 amide bonds. The summed E-state index contributed by atoms with van der Waals surface area (Å²) < 4.78 is 4.57. The van der Waals surface area contributed by atoms with Crippen LogP contribution in [0.4, 0.5) is 0 Å². The van der Waals surface area contributed by atoms with Crippen molar-refractivity contribution in [3.05, 3.63) is 46.2 Å². The second kappa shape index (κ2) is 5.99. The number of carbonyl (C=O) groups is 1. The minimum Gasteiger partial charge on any atom is -0.469 e. The van der Waals surface area contributed by atoms with Crippen LogP contribution >= 0.6 is 23.2 Å². The molecule has 1 aromatic carbocycles. The summed E-state index contributed by atoms with van der Waals surface area (Å²) >= 11 is 11.8. The normalized spacial score (nSPS) is 10.3. The van der Waals surface area contributed by atoms with Gasteiger partial charge >= 0.3 is 5.97 Å². The van der Waals surface area contributed by atoms with Gasteiger partial charge in [0.15, 0.2) is 5.82 Å². The first-order chi connectivity index (χ1) is 9.10. The second-order valence-electron chi connectivity index (χ2n) is 3.77. The average Bonchev–Trinajstić information content (AvgIpc) is 2.41. The lowest BCUT2D eigenvalue weighted by molar-refractivity contribution is -0.139. The lowest BCUT2D eigenvalue weighted by Gasteiger charge is -2.05. The zero-order chi connectivity index (χ0) is 13.8. The molecule has 1 heterocycles. The van der Waals surface area contributed by atoms with Crippen molar-refractivity contribution in [1.82, 2.24) is 9.97 Å². The van der Waals surface area contributed by atoms with Gasteiger partial charge in [-0.3, -0.25) is 4.79 Å². The highest BCUT2D eigenvalue weighted by Crippen LogP contribution is 2.21. The van der Waals surface area contributed by atoms with E-state index in [-0.39, 0.29) is 17.5 Å². The third-order valence-electron chi connectivity index (χ3n) is 2.48. The van der Waals surface area contributed by atoms with Gasteiger partial charge in [-0.25, -0.2) is 9.97 Å². The molecular weight excluding hydrogens is 287 g/mol. The third kappa shape index (κ3) is 3.43. The predicted molar refractivity (Wildman–Crippen MR) is 73.2 cm³/mol. The molecule has 0 saturated heterocycles. The van der Waals surface area contributed by atoms with Crippen LogP contribution in [-0.4, -0.2) is 23.0 Å². The second-order valence-corrected chi connectivity index (χ2v) is 4.56. The summed E-state index contributed by atoms with van der Waals surface area (Å²) in [7, 11) is 1.32. The fourth-order valence-corrected chi connectivity index (χ4v) is 1.79. The molecule has 0 radical (unpaired) electrons. The van der Waals surface area contributed by atoms with Crippen LogP contribution in [0.2, 0.25) is 10.2 Å². The fourth-order valence-electron chi connectivity index (χ4n) is 1.47. The smallest absolute Gasteiger partial charge is 0.310 e. The Kier molecular flexibility index (Phi) is 4.35. The van der Waals surface area contributed by atoms with Crippen molar-refractivity contribution in [2.24, 2.45) is 0 Å². The van der Waals surface area contributed by atoms with Crippen LogP contribution in [0.5, 0.6) is 0 Å². The van der Waals surface area contributed by atoms with Gasteiger partial charge in [0.2, 0.25) is 0 Å². The van der Waals surface area contributed by atoms with E-state index in [2.05, 4.69) is 14.7 Å². The Morgan fingerprint density at radius 3 is 2.53 bits per heavy atom. The Bertz CT molecular complexity index is 600. The molecule has 0 unspecified atom stereocenters. The van der Waals surface area contributed by atoms with Crippen molar-refractivity contribution in [3.8, 4) is 11.4 Å². The van der Waals surface area contributed by atoms with E-state index in [1.807, 2.05) is 0 Å². The van der Waals surface area contributed by atoms with Crippen LogP contribution < -0.4 is 0 Å². The summed E-state index contributed by atoms with van der Waals surface area (Å²) in [6.45, 7) is 0. The monoisotopic (exact) mass is 296 g/mol. The van der Waals surface area contributed by atoms with E-state index in [4.69, 9.17) is 23.2 Å². The van der Waals surface area contributed by atoms with Gasteiger partial charge in [0.05, 0.1) is 13.5 Å². The third-order valence-corrected chi connectivity index (χ3v) is 3.06. The maximum absolute atomic E-state index is 11.2. The molecule has 0 spiro atoms. The molecule has 2 aromatic rings. The highest BCUT2D eigenvalue weighted by atomic mass is 35.5. The van der Waals surface area contributed by atoms with Gasteiger partial charge in [-0.05, 0) is 24.3 Å². The fraction of sp³-hybridized carbons (Fsp3) is 0.154. The first-order valence-corrected chi connectivity index (χ1v) is 6.20. The van der Waals surface area contributed by atoms with Crippen LogP contribution in [0.25, 0.3) is 11.4 Å². The van der Waals surface area contributed by atoms with E-state index in [1.165, 1.54) is 13.3 Å². The predicted octanol–water partition coefficient (Wildman–Crippen LogP) is 3.17. The molecule has 4 nitrogen and oxygen atoms in total. The molecule has 2 rings (SSSR count). The number of esters is 1. The summed E-state index contributed by atoms with van der Waals surface area (Å²) in [5.41, 5.74) is 1.34. The van der Waals surface area contributed by atoms with Crippen molar-refractivity contribution in [2.75, 3.05) is 7.11 Å². The number of hydrogen-bond donors (Lipinski definition) is 0. The van der Waals surface area contributed by atoms with Crippen molar-refractivity contribution in [2.45, 2.75) is 6.42 Å². The molecule has 19 heavy (non-hydrogen) atoms. The number of nitrogens with zero attached hydrogens (tertiary/aromatic N) is 2. The van der Waals surface area contributed by atoms with Gasteiger partial charge in [-0.1, -0.05) is 23.2 Å². The summed E-state index contributed by atoms with van der Waals surface area (Å²) in [4.78, 5) is 19.5. The van der Waals surface area contributed by atoms with Crippen molar-refractivity contribution < 1.29 is 9.53 Å². The van der Waals surface area contributed by atoms with Crippen LogP contribution in [0.1, 0.15) is 5.56 Å². The van der Waals surface area contributed by atoms with Gasteiger partial charge < -0.3 is 4.74 Å². The Hall–Kier alpha value is -1.65. The zero-order valence-electron chi connectivity index (χ0n) is 10.1. The number of ether oxygens (including phenoxy) is 1. The maximum Gasteiger partial charge on any atom is 0.310 e. The van der Waals surface area contributed by atoms with Crippen molar-refractivity contribution in [3.63, 3.8) is 0 Å². The average molecular weight is 297 g/mol. The van der Waals surface area contributed by atoms with E-state index >= 15 is 0 Å². The standard InChI is InChI=1S/C13H10Cl2N2O2/c1-19-11(18)6-9-7-16-13(17-12(9)15)8-2-4-10(14)5-3-8/h2-5,7H,6H2,1H3.